The van der Waals surface area contributed by atoms with Gasteiger partial charge in [-0.2, -0.15) is 0 Å². The molecule has 52 heavy (non-hydrogen) atoms. The van der Waals surface area contributed by atoms with Crippen molar-refractivity contribution in [1.82, 2.24) is 8.69 Å². The summed E-state index contributed by atoms with van der Waals surface area (Å²) in [5, 5.41) is 3.07. The molecule has 8 heteroatoms. The molecule has 5 nitrogen and oxygen atoms in total. The fraction of sp³-hybridized carbons (Fsp3) is 0.136. The summed E-state index contributed by atoms with van der Waals surface area (Å²) in [5.41, 5.74) is 5.10. The number of nitrogens with one attached hydrogen (secondary N) is 1. The van der Waals surface area contributed by atoms with Crippen LogP contribution in [0.1, 0.15) is 43.6 Å². The van der Waals surface area contributed by atoms with Gasteiger partial charge in [0.15, 0.2) is 0 Å². The van der Waals surface area contributed by atoms with Crippen molar-refractivity contribution in [3.63, 3.8) is 0 Å². The Balaban J connectivity index is 1.52. The topological polar surface area (TPSA) is 74.2 Å². The van der Waals surface area contributed by atoms with Gasteiger partial charge in [0.25, 0.3) is 10.0 Å². The molecule has 0 aliphatic heterocycles. The van der Waals surface area contributed by atoms with E-state index in [4.69, 9.17) is 0 Å². The second kappa shape index (κ2) is 15.2. The van der Waals surface area contributed by atoms with Crippen molar-refractivity contribution in [3.05, 3.63) is 187 Å². The van der Waals surface area contributed by atoms with Crippen LogP contribution in [0.15, 0.2) is 175 Å². The van der Waals surface area contributed by atoms with Crippen molar-refractivity contribution in [1.29, 1.82) is 0 Å². The SMILES string of the molecule is CC(C)(C)[S+]([O-])NC(c1ccc(-c2ccccc2)cc1)c1c(CP(c2ccccc2)c2ccccc2)n(S(=O)(=O)c2ccccc2)c2ccccc12. The zero-order chi connectivity index (χ0) is 36.3. The number of hydrogen-bond donors (Lipinski definition) is 1. The second-order valence-electron chi connectivity index (χ2n) is 13.6. The first-order valence-electron chi connectivity index (χ1n) is 17.3. The van der Waals surface area contributed by atoms with E-state index in [1.807, 2.05) is 106 Å². The Hall–Kier alpha value is -4.49. The lowest BCUT2D eigenvalue weighted by molar-refractivity contribution is 0.535. The number of nitrogens with zero attached hydrogens (tertiary/aromatic N) is 1. The predicted molar refractivity (Wildman–Crippen MR) is 218 cm³/mol. The number of hydrogen-bond acceptors (Lipinski definition) is 4. The third-order valence-corrected chi connectivity index (χ3v) is 14.9. The van der Waals surface area contributed by atoms with Gasteiger partial charge < -0.3 is 4.55 Å². The Morgan fingerprint density at radius 3 is 1.69 bits per heavy atom. The van der Waals surface area contributed by atoms with Crippen molar-refractivity contribution in [2.45, 2.75) is 42.6 Å². The molecule has 262 valence electrons. The summed E-state index contributed by atoms with van der Waals surface area (Å²) in [6, 6.07) is 54.9. The first-order chi connectivity index (χ1) is 25.1. The van der Waals surface area contributed by atoms with Crippen LogP contribution in [0.3, 0.4) is 0 Å². The molecule has 0 amide bonds. The van der Waals surface area contributed by atoms with E-state index in [0.29, 0.717) is 17.4 Å². The first-order valence-corrected chi connectivity index (χ1v) is 21.4. The van der Waals surface area contributed by atoms with Gasteiger partial charge in [0, 0.05) is 34.2 Å². The maximum absolute atomic E-state index is 15.0. The van der Waals surface area contributed by atoms with E-state index in [9.17, 15) is 13.0 Å². The maximum atomic E-state index is 15.0. The fourth-order valence-corrected chi connectivity index (χ4v) is 11.3. The zero-order valence-electron chi connectivity index (χ0n) is 29.4. The fourth-order valence-electron chi connectivity index (χ4n) is 6.51. The predicted octanol–water partition coefficient (Wildman–Crippen LogP) is 9.32. The quantitative estimate of drug-likeness (QED) is 0.106. The number of rotatable bonds is 11. The Bertz CT molecular complexity index is 2320. The average molecular weight is 741 g/mol. The molecule has 1 aromatic heterocycles. The summed E-state index contributed by atoms with van der Waals surface area (Å²) >= 11 is -1.50. The number of para-hydroxylation sites is 1. The summed E-state index contributed by atoms with van der Waals surface area (Å²) in [7, 11) is -5.15. The Morgan fingerprint density at radius 2 is 1.13 bits per heavy atom. The zero-order valence-corrected chi connectivity index (χ0v) is 31.9. The Labute approximate surface area is 311 Å². The highest BCUT2D eigenvalue weighted by Gasteiger charge is 2.37. The Kier molecular flexibility index (Phi) is 10.5. The van der Waals surface area contributed by atoms with Crippen molar-refractivity contribution < 1.29 is 13.0 Å². The van der Waals surface area contributed by atoms with Crippen LogP contribution in [0.25, 0.3) is 22.0 Å². The smallest absolute Gasteiger partial charge is 0.268 e. The van der Waals surface area contributed by atoms with E-state index in [1.54, 1.807) is 28.2 Å². The van der Waals surface area contributed by atoms with Crippen LogP contribution in [0.4, 0.5) is 0 Å². The molecule has 6 aromatic carbocycles. The second-order valence-corrected chi connectivity index (χ2v) is 19.6. The molecule has 7 rings (SSSR count). The summed E-state index contributed by atoms with van der Waals surface area (Å²) < 4.78 is 48.5. The molecule has 0 fully saturated rings. The third kappa shape index (κ3) is 7.38. The molecule has 0 saturated heterocycles. The maximum Gasteiger partial charge on any atom is 0.268 e. The van der Waals surface area contributed by atoms with Crippen LogP contribution in [-0.4, -0.2) is 21.7 Å². The van der Waals surface area contributed by atoms with E-state index >= 15 is 0 Å². The standard InChI is InChI=1S/C44H41N2O3PS2/c1-44(2,3)51(47)45-43(35-30-28-34(29-31-35)33-18-8-4-9-19-33)42-39-26-16-17-27-40(39)46(52(48,49)38-24-14-7-15-25-38)41(42)32-50(36-20-10-5-11-21-36)37-22-12-6-13-23-37/h4-31,43,45H,32H2,1-3H3. The van der Waals surface area contributed by atoms with Crippen LogP contribution in [0, 0.1) is 0 Å². The lowest BCUT2D eigenvalue weighted by Gasteiger charge is -2.29. The number of benzene rings is 6. The lowest BCUT2D eigenvalue weighted by Crippen LogP contribution is -2.41. The normalized spacial score (nSPS) is 13.3. The summed E-state index contributed by atoms with van der Waals surface area (Å²) in [6.07, 6.45) is 0.432. The van der Waals surface area contributed by atoms with Crippen LogP contribution >= 0.6 is 7.92 Å². The van der Waals surface area contributed by atoms with E-state index in [0.717, 1.165) is 38.2 Å². The van der Waals surface area contributed by atoms with Crippen LogP contribution in [-0.2, 0) is 27.5 Å². The van der Waals surface area contributed by atoms with Crippen molar-refractivity contribution >= 4 is 50.8 Å². The molecule has 0 aliphatic rings. The summed E-state index contributed by atoms with van der Waals surface area (Å²) in [6.45, 7) is 5.83. The summed E-state index contributed by atoms with van der Waals surface area (Å²) in [5.74, 6) is 0. The van der Waals surface area contributed by atoms with Crippen molar-refractivity contribution in [3.8, 4) is 11.1 Å². The minimum absolute atomic E-state index is 0.210. The molecular formula is C44H41N2O3PS2. The monoisotopic (exact) mass is 740 g/mol. The first kappa shape index (κ1) is 35.9. The molecule has 0 bridgehead atoms. The third-order valence-electron chi connectivity index (χ3n) is 9.12. The van der Waals surface area contributed by atoms with E-state index < -0.39 is 40.1 Å². The highest BCUT2D eigenvalue weighted by atomic mass is 32.2. The highest BCUT2D eigenvalue weighted by Crippen LogP contribution is 2.45. The van der Waals surface area contributed by atoms with Gasteiger partial charge in [-0.05, 0) is 74.2 Å². The molecule has 2 unspecified atom stereocenters. The lowest BCUT2D eigenvalue weighted by atomic mass is 9.95. The summed E-state index contributed by atoms with van der Waals surface area (Å²) in [4.78, 5) is 0.210. The molecule has 0 saturated carbocycles. The van der Waals surface area contributed by atoms with E-state index in [2.05, 4.69) is 65.4 Å². The molecule has 7 aromatic rings. The molecule has 1 N–H and O–H groups in total. The van der Waals surface area contributed by atoms with Gasteiger partial charge in [-0.25, -0.2) is 12.4 Å². The number of fused-ring (bicyclic) bond motifs is 1. The van der Waals surface area contributed by atoms with Gasteiger partial charge in [-0.15, -0.1) is 4.72 Å². The number of aromatic nitrogens is 1. The Morgan fingerprint density at radius 1 is 0.654 bits per heavy atom. The minimum atomic E-state index is -4.08. The van der Waals surface area contributed by atoms with Crippen LogP contribution in [0.5, 0.6) is 0 Å². The van der Waals surface area contributed by atoms with Gasteiger partial charge in [0.1, 0.15) is 10.8 Å². The van der Waals surface area contributed by atoms with Gasteiger partial charge in [0.2, 0.25) is 0 Å². The highest BCUT2D eigenvalue weighted by molar-refractivity contribution is 7.91. The van der Waals surface area contributed by atoms with E-state index in [-0.39, 0.29) is 4.90 Å². The van der Waals surface area contributed by atoms with Crippen LogP contribution in [0.2, 0.25) is 0 Å². The molecular weight excluding hydrogens is 700 g/mol. The van der Waals surface area contributed by atoms with Gasteiger partial charge in [-0.1, -0.05) is 152 Å². The van der Waals surface area contributed by atoms with Gasteiger partial charge >= 0.3 is 0 Å². The van der Waals surface area contributed by atoms with Gasteiger partial charge in [0.05, 0.1) is 10.4 Å². The van der Waals surface area contributed by atoms with Crippen molar-refractivity contribution in [2.75, 3.05) is 0 Å². The van der Waals surface area contributed by atoms with Crippen molar-refractivity contribution in [2.24, 2.45) is 0 Å². The largest absolute Gasteiger partial charge is 0.598 e. The van der Waals surface area contributed by atoms with Crippen LogP contribution < -0.4 is 15.3 Å². The van der Waals surface area contributed by atoms with Gasteiger partial charge in [-0.3, -0.25) is 0 Å². The molecule has 1 heterocycles. The molecule has 0 aliphatic carbocycles. The molecule has 0 radical (unpaired) electrons. The van der Waals surface area contributed by atoms with E-state index in [1.165, 1.54) is 0 Å². The molecule has 0 spiro atoms. The average Bonchev–Trinajstić information content (AvgIpc) is 3.51. The molecule has 2 atom stereocenters. The minimum Gasteiger partial charge on any atom is -0.598 e.